The van der Waals surface area contributed by atoms with Gasteiger partial charge in [-0.1, -0.05) is 34.1 Å². The van der Waals surface area contributed by atoms with Gasteiger partial charge in [-0.25, -0.2) is 8.78 Å². The van der Waals surface area contributed by atoms with Crippen molar-refractivity contribution in [3.8, 4) is 5.75 Å². The minimum atomic E-state index is -0.640. The smallest absolute Gasteiger partial charge is 0.150 e. The van der Waals surface area contributed by atoms with Crippen LogP contribution in [-0.2, 0) is 0 Å². The molecule has 0 saturated carbocycles. The van der Waals surface area contributed by atoms with Gasteiger partial charge in [-0.2, -0.15) is 0 Å². The first-order valence-corrected chi connectivity index (χ1v) is 6.86. The van der Waals surface area contributed by atoms with Crippen molar-refractivity contribution in [2.75, 3.05) is 12.4 Å². The van der Waals surface area contributed by atoms with Gasteiger partial charge in [0, 0.05) is 10.0 Å². The van der Waals surface area contributed by atoms with Gasteiger partial charge in [0.15, 0.2) is 0 Å². The maximum Gasteiger partial charge on any atom is 0.150 e. The third kappa shape index (κ3) is 3.10. The summed E-state index contributed by atoms with van der Waals surface area (Å²) in [5, 5.41) is 2.85. The van der Waals surface area contributed by atoms with E-state index in [1.807, 2.05) is 31.2 Å². The monoisotopic (exact) mass is 341 g/mol. The molecule has 0 aromatic heterocycles. The Labute approximate surface area is 124 Å². The second kappa shape index (κ2) is 6.22. The molecule has 2 rings (SSSR count). The van der Waals surface area contributed by atoms with Crippen LogP contribution < -0.4 is 10.1 Å². The molecule has 0 saturated heterocycles. The first-order valence-electron chi connectivity index (χ1n) is 6.07. The fraction of sp³-hybridized carbons (Fsp3) is 0.200. The summed E-state index contributed by atoms with van der Waals surface area (Å²) in [7, 11) is 1.56. The van der Waals surface area contributed by atoms with Crippen molar-refractivity contribution in [3.63, 3.8) is 0 Å². The summed E-state index contributed by atoms with van der Waals surface area (Å²) >= 11 is 3.05. The summed E-state index contributed by atoms with van der Waals surface area (Å²) in [4.78, 5) is 0. The van der Waals surface area contributed by atoms with E-state index in [9.17, 15) is 8.78 Å². The Morgan fingerprint density at radius 2 is 1.75 bits per heavy atom. The Morgan fingerprint density at radius 1 is 1.15 bits per heavy atom. The van der Waals surface area contributed by atoms with Crippen LogP contribution in [0.2, 0.25) is 0 Å². The lowest BCUT2D eigenvalue weighted by Crippen LogP contribution is -2.10. The first kappa shape index (κ1) is 14.8. The molecule has 106 valence electrons. The van der Waals surface area contributed by atoms with Gasteiger partial charge in [0.05, 0.1) is 13.2 Å². The lowest BCUT2D eigenvalue weighted by Gasteiger charge is -2.19. The van der Waals surface area contributed by atoms with E-state index >= 15 is 0 Å². The van der Waals surface area contributed by atoms with Crippen LogP contribution >= 0.6 is 15.9 Å². The predicted octanol–water partition coefficient (Wildman–Crippen LogP) is 4.91. The Morgan fingerprint density at radius 3 is 2.35 bits per heavy atom. The van der Waals surface area contributed by atoms with Crippen LogP contribution in [0.5, 0.6) is 5.75 Å². The molecule has 0 heterocycles. The second-order valence-electron chi connectivity index (χ2n) is 4.35. The predicted molar refractivity (Wildman–Crippen MR) is 79.1 cm³/mol. The molecule has 0 aliphatic heterocycles. The van der Waals surface area contributed by atoms with E-state index in [0.717, 1.165) is 5.56 Å². The molecule has 0 aliphatic rings. The van der Waals surface area contributed by atoms with Gasteiger partial charge in [0.25, 0.3) is 0 Å². The van der Waals surface area contributed by atoms with E-state index in [1.165, 1.54) is 12.1 Å². The maximum absolute atomic E-state index is 13.8. The van der Waals surface area contributed by atoms with E-state index in [0.29, 0.717) is 10.2 Å². The molecular weight excluding hydrogens is 328 g/mol. The summed E-state index contributed by atoms with van der Waals surface area (Å²) in [6.45, 7) is 1.82. The molecule has 0 radical (unpaired) electrons. The molecule has 0 amide bonds. The van der Waals surface area contributed by atoms with Crippen LogP contribution in [0.1, 0.15) is 18.5 Å². The summed E-state index contributed by atoms with van der Waals surface area (Å²) in [6, 6.07) is 9.50. The number of ether oxygens (including phenoxy) is 1. The largest absolute Gasteiger partial charge is 0.496 e. The molecule has 1 unspecified atom stereocenters. The molecule has 20 heavy (non-hydrogen) atoms. The van der Waals surface area contributed by atoms with Crippen molar-refractivity contribution >= 4 is 21.6 Å². The van der Waals surface area contributed by atoms with Crippen LogP contribution in [0.4, 0.5) is 14.5 Å². The number of halogens is 3. The Hall–Kier alpha value is -1.62. The lowest BCUT2D eigenvalue weighted by atomic mass is 10.1. The number of hydrogen-bond donors (Lipinski definition) is 1. The molecule has 0 spiro atoms. The minimum absolute atomic E-state index is 0.147. The third-order valence-corrected chi connectivity index (χ3v) is 3.43. The van der Waals surface area contributed by atoms with Crippen molar-refractivity contribution in [1.82, 2.24) is 0 Å². The Bertz CT molecular complexity index is 596. The number of anilines is 1. The van der Waals surface area contributed by atoms with Crippen LogP contribution in [0, 0.1) is 11.6 Å². The van der Waals surface area contributed by atoms with E-state index in [4.69, 9.17) is 4.74 Å². The number of para-hydroxylation sites is 1. The van der Waals surface area contributed by atoms with Crippen molar-refractivity contribution in [2.24, 2.45) is 0 Å². The first-order chi connectivity index (χ1) is 9.52. The highest BCUT2D eigenvalue weighted by Crippen LogP contribution is 2.30. The minimum Gasteiger partial charge on any atom is -0.496 e. The number of methoxy groups -OCH3 is 1. The molecule has 2 aromatic carbocycles. The highest BCUT2D eigenvalue weighted by Gasteiger charge is 2.16. The lowest BCUT2D eigenvalue weighted by molar-refractivity contribution is 0.408. The molecule has 0 aliphatic carbocycles. The average Bonchev–Trinajstić information content (AvgIpc) is 2.42. The van der Waals surface area contributed by atoms with E-state index in [1.54, 1.807) is 7.11 Å². The van der Waals surface area contributed by atoms with Gasteiger partial charge in [-0.05, 0) is 25.1 Å². The SMILES string of the molecule is COc1ccccc1C(C)Nc1c(F)cc(Br)cc1F. The molecule has 1 N–H and O–H groups in total. The molecular formula is C15H14BrF2NO. The van der Waals surface area contributed by atoms with Gasteiger partial charge in [-0.3, -0.25) is 0 Å². The highest BCUT2D eigenvalue weighted by atomic mass is 79.9. The molecule has 1 atom stereocenters. The quantitative estimate of drug-likeness (QED) is 0.853. The van der Waals surface area contributed by atoms with Crippen LogP contribution in [0.25, 0.3) is 0 Å². The van der Waals surface area contributed by atoms with Gasteiger partial charge in [0.1, 0.15) is 23.1 Å². The normalized spacial score (nSPS) is 12.1. The second-order valence-corrected chi connectivity index (χ2v) is 5.27. The molecule has 0 bridgehead atoms. The number of nitrogens with one attached hydrogen (secondary N) is 1. The number of rotatable bonds is 4. The third-order valence-electron chi connectivity index (χ3n) is 2.97. The van der Waals surface area contributed by atoms with E-state index in [2.05, 4.69) is 21.2 Å². The van der Waals surface area contributed by atoms with Crippen LogP contribution in [0.15, 0.2) is 40.9 Å². The summed E-state index contributed by atoms with van der Waals surface area (Å²) < 4.78 is 33.2. The Balaban J connectivity index is 2.30. The van der Waals surface area contributed by atoms with E-state index in [-0.39, 0.29) is 11.7 Å². The van der Waals surface area contributed by atoms with Crippen molar-refractivity contribution < 1.29 is 13.5 Å². The molecule has 2 nitrogen and oxygen atoms in total. The van der Waals surface area contributed by atoms with Crippen molar-refractivity contribution in [1.29, 1.82) is 0 Å². The molecule has 5 heteroatoms. The zero-order valence-electron chi connectivity index (χ0n) is 11.1. The van der Waals surface area contributed by atoms with Crippen molar-refractivity contribution in [2.45, 2.75) is 13.0 Å². The Kier molecular flexibility index (Phi) is 4.60. The standard InChI is InChI=1S/C15H14BrF2NO/c1-9(11-5-3-4-6-14(11)20-2)19-15-12(17)7-10(16)8-13(15)18/h3-9,19H,1-2H3. The summed E-state index contributed by atoms with van der Waals surface area (Å²) in [5.41, 5.74) is 0.684. The molecule has 2 aromatic rings. The van der Waals surface area contributed by atoms with E-state index < -0.39 is 11.6 Å². The summed E-state index contributed by atoms with van der Waals surface area (Å²) in [5.74, 6) is -0.609. The van der Waals surface area contributed by atoms with Gasteiger partial charge < -0.3 is 10.1 Å². The van der Waals surface area contributed by atoms with Crippen LogP contribution in [0.3, 0.4) is 0 Å². The summed E-state index contributed by atoms with van der Waals surface area (Å²) in [6.07, 6.45) is 0. The fourth-order valence-electron chi connectivity index (χ4n) is 2.00. The zero-order chi connectivity index (χ0) is 14.7. The number of hydrogen-bond acceptors (Lipinski definition) is 2. The number of benzene rings is 2. The zero-order valence-corrected chi connectivity index (χ0v) is 12.7. The van der Waals surface area contributed by atoms with Gasteiger partial charge in [-0.15, -0.1) is 0 Å². The van der Waals surface area contributed by atoms with Crippen LogP contribution in [-0.4, -0.2) is 7.11 Å². The average molecular weight is 342 g/mol. The van der Waals surface area contributed by atoms with Crippen molar-refractivity contribution in [3.05, 3.63) is 58.1 Å². The topological polar surface area (TPSA) is 21.3 Å². The van der Waals surface area contributed by atoms with Gasteiger partial charge >= 0.3 is 0 Å². The maximum atomic E-state index is 13.8. The highest BCUT2D eigenvalue weighted by molar-refractivity contribution is 9.10. The van der Waals surface area contributed by atoms with Gasteiger partial charge in [0.2, 0.25) is 0 Å². The molecule has 0 fully saturated rings. The fourth-order valence-corrected chi connectivity index (χ4v) is 2.40.